The van der Waals surface area contributed by atoms with Crippen molar-refractivity contribution in [2.45, 2.75) is 18.6 Å². The zero-order chi connectivity index (χ0) is 16.0. The molecule has 1 aliphatic rings. The Morgan fingerprint density at radius 2 is 1.87 bits per heavy atom. The quantitative estimate of drug-likeness (QED) is 0.690. The molecular formula is C18H13Cl2NO2. The molecule has 23 heavy (non-hydrogen) atoms. The molecule has 0 fully saturated rings. The summed E-state index contributed by atoms with van der Waals surface area (Å²) < 4.78 is 5.72. The van der Waals surface area contributed by atoms with Crippen molar-refractivity contribution in [2.24, 2.45) is 0 Å². The van der Waals surface area contributed by atoms with Gasteiger partial charge in [0, 0.05) is 51.1 Å². The van der Waals surface area contributed by atoms with Gasteiger partial charge in [-0.15, -0.1) is 0 Å². The summed E-state index contributed by atoms with van der Waals surface area (Å²) in [6.45, 7) is 0. The average molecular weight is 346 g/mol. The van der Waals surface area contributed by atoms with Crippen LogP contribution in [0.5, 0.6) is 5.75 Å². The Morgan fingerprint density at radius 3 is 2.65 bits per heavy atom. The van der Waals surface area contributed by atoms with E-state index in [1.165, 1.54) is 0 Å². The molecule has 5 heteroatoms. The summed E-state index contributed by atoms with van der Waals surface area (Å²) in [5, 5.41) is 13.3. The fourth-order valence-corrected chi connectivity index (χ4v) is 3.71. The Hall–Kier alpha value is -1.81. The van der Waals surface area contributed by atoms with Gasteiger partial charge in [-0.3, -0.25) is 4.98 Å². The highest BCUT2D eigenvalue weighted by Gasteiger charge is 2.30. The predicted molar refractivity (Wildman–Crippen MR) is 91.3 cm³/mol. The molecule has 4 rings (SSSR count). The monoisotopic (exact) mass is 345 g/mol. The number of aliphatic hydroxyl groups is 1. The molecule has 3 aromatic rings. The van der Waals surface area contributed by atoms with Crippen LogP contribution in [0, 0.1) is 0 Å². The van der Waals surface area contributed by atoms with Crippen LogP contribution in [0.2, 0.25) is 10.0 Å². The Morgan fingerprint density at radius 1 is 1.09 bits per heavy atom. The van der Waals surface area contributed by atoms with Gasteiger partial charge in [0.2, 0.25) is 0 Å². The largest absolute Gasteiger partial charge is 0.464 e. The van der Waals surface area contributed by atoms with Crippen molar-refractivity contribution in [1.29, 1.82) is 0 Å². The first-order valence-corrected chi connectivity index (χ1v) is 8.05. The lowest BCUT2D eigenvalue weighted by molar-refractivity contribution is -0.0347. The van der Waals surface area contributed by atoms with Gasteiger partial charge in [0.15, 0.2) is 6.29 Å². The van der Waals surface area contributed by atoms with Crippen LogP contribution in [0.1, 0.15) is 23.5 Å². The molecule has 1 N–H and O–H groups in total. The van der Waals surface area contributed by atoms with E-state index in [0.717, 1.165) is 21.9 Å². The van der Waals surface area contributed by atoms with Crippen molar-refractivity contribution in [2.75, 3.05) is 0 Å². The van der Waals surface area contributed by atoms with E-state index in [0.29, 0.717) is 22.2 Å². The zero-order valence-electron chi connectivity index (χ0n) is 12.0. The summed E-state index contributed by atoms with van der Waals surface area (Å²) in [6, 6.07) is 11.4. The van der Waals surface area contributed by atoms with Crippen LogP contribution in [-0.4, -0.2) is 16.4 Å². The summed E-state index contributed by atoms with van der Waals surface area (Å²) in [4.78, 5) is 4.13. The summed E-state index contributed by atoms with van der Waals surface area (Å²) in [7, 11) is 0. The van der Waals surface area contributed by atoms with Gasteiger partial charge in [0.1, 0.15) is 5.75 Å². The van der Waals surface area contributed by atoms with Crippen LogP contribution in [0.15, 0.2) is 48.8 Å². The maximum atomic E-state index is 10.2. The van der Waals surface area contributed by atoms with Gasteiger partial charge in [0.25, 0.3) is 0 Å². The highest BCUT2D eigenvalue weighted by Crippen LogP contribution is 2.44. The minimum absolute atomic E-state index is 0.0254. The third-order valence-electron chi connectivity index (χ3n) is 4.16. The van der Waals surface area contributed by atoms with Gasteiger partial charge >= 0.3 is 0 Å². The number of fused-ring (bicyclic) bond motifs is 3. The molecular weight excluding hydrogens is 333 g/mol. The molecule has 0 radical (unpaired) electrons. The smallest absolute Gasteiger partial charge is 0.198 e. The van der Waals surface area contributed by atoms with Crippen LogP contribution >= 0.6 is 23.2 Å². The van der Waals surface area contributed by atoms with Crippen molar-refractivity contribution in [3.63, 3.8) is 0 Å². The molecule has 2 aromatic carbocycles. The Kier molecular flexibility index (Phi) is 3.64. The second-order valence-corrected chi connectivity index (χ2v) is 6.52. The van der Waals surface area contributed by atoms with E-state index < -0.39 is 6.29 Å². The number of aromatic nitrogens is 1. The fourth-order valence-electron chi connectivity index (χ4n) is 3.17. The molecule has 0 aliphatic carbocycles. The molecule has 1 aliphatic heterocycles. The van der Waals surface area contributed by atoms with Crippen LogP contribution in [-0.2, 0) is 0 Å². The normalized spacial score (nSPS) is 20.1. The number of hydrogen-bond acceptors (Lipinski definition) is 3. The minimum Gasteiger partial charge on any atom is -0.464 e. The number of halogens is 2. The van der Waals surface area contributed by atoms with Gasteiger partial charge in [-0.25, -0.2) is 0 Å². The van der Waals surface area contributed by atoms with Crippen molar-refractivity contribution in [3.8, 4) is 5.75 Å². The number of hydrogen-bond donors (Lipinski definition) is 1. The van der Waals surface area contributed by atoms with E-state index in [2.05, 4.69) is 4.98 Å². The number of pyridine rings is 1. The van der Waals surface area contributed by atoms with E-state index >= 15 is 0 Å². The van der Waals surface area contributed by atoms with E-state index in [4.69, 9.17) is 27.9 Å². The third-order valence-corrected chi connectivity index (χ3v) is 4.59. The number of nitrogens with zero attached hydrogens (tertiary/aromatic N) is 1. The van der Waals surface area contributed by atoms with Crippen molar-refractivity contribution < 1.29 is 9.84 Å². The lowest BCUT2D eigenvalue weighted by Gasteiger charge is -2.31. The maximum absolute atomic E-state index is 10.2. The van der Waals surface area contributed by atoms with E-state index in [1.807, 2.05) is 30.3 Å². The molecule has 1 aromatic heterocycles. The molecule has 0 amide bonds. The highest BCUT2D eigenvalue weighted by atomic mass is 35.5. The molecule has 0 spiro atoms. The summed E-state index contributed by atoms with van der Waals surface area (Å²) >= 11 is 12.3. The molecule has 2 atom stereocenters. The molecule has 116 valence electrons. The molecule has 0 saturated carbocycles. The molecule has 2 heterocycles. The average Bonchev–Trinajstić information content (AvgIpc) is 2.53. The summed E-state index contributed by atoms with van der Waals surface area (Å²) in [6.07, 6.45) is 3.09. The van der Waals surface area contributed by atoms with Crippen molar-refractivity contribution in [3.05, 3.63) is 70.0 Å². The van der Waals surface area contributed by atoms with Crippen LogP contribution < -0.4 is 4.74 Å². The number of benzene rings is 2. The number of aliphatic hydroxyl groups excluding tert-OH is 1. The lowest BCUT2D eigenvalue weighted by atomic mass is 9.85. The second kappa shape index (κ2) is 5.68. The number of ether oxygens (including phenoxy) is 1. The summed E-state index contributed by atoms with van der Waals surface area (Å²) in [5.41, 5.74) is 1.99. The van der Waals surface area contributed by atoms with Crippen molar-refractivity contribution in [1.82, 2.24) is 4.98 Å². The van der Waals surface area contributed by atoms with Gasteiger partial charge < -0.3 is 9.84 Å². The Labute approximate surface area is 143 Å². The van der Waals surface area contributed by atoms with E-state index in [-0.39, 0.29) is 5.92 Å². The standard InChI is InChI=1S/C18H13Cl2NO2/c19-12-5-11(6-13(20)7-12)16-8-17(22)23-18-14-3-4-21-9-10(14)1-2-15(16)18/h1-7,9,16-17,22H,8H2. The second-order valence-electron chi connectivity index (χ2n) is 5.64. The maximum Gasteiger partial charge on any atom is 0.198 e. The van der Waals surface area contributed by atoms with Crippen LogP contribution in [0.25, 0.3) is 10.8 Å². The van der Waals surface area contributed by atoms with Gasteiger partial charge in [-0.05, 0) is 29.8 Å². The first-order chi connectivity index (χ1) is 11.1. The minimum atomic E-state index is -0.871. The lowest BCUT2D eigenvalue weighted by Crippen LogP contribution is -2.25. The topological polar surface area (TPSA) is 42.4 Å². The third kappa shape index (κ3) is 2.65. The Balaban J connectivity index is 1.93. The van der Waals surface area contributed by atoms with Gasteiger partial charge in [-0.2, -0.15) is 0 Å². The first kappa shape index (κ1) is 14.8. The van der Waals surface area contributed by atoms with Crippen LogP contribution in [0.4, 0.5) is 0 Å². The molecule has 2 unspecified atom stereocenters. The SMILES string of the molecule is OC1CC(c2cc(Cl)cc(Cl)c2)c2ccc3cnccc3c2O1. The van der Waals surface area contributed by atoms with Crippen molar-refractivity contribution >= 4 is 34.0 Å². The predicted octanol–water partition coefficient (Wildman–Crippen LogP) is 4.77. The van der Waals surface area contributed by atoms with Crippen LogP contribution in [0.3, 0.4) is 0 Å². The molecule has 0 saturated heterocycles. The van der Waals surface area contributed by atoms with Gasteiger partial charge in [0.05, 0.1) is 0 Å². The molecule has 3 nitrogen and oxygen atoms in total. The number of rotatable bonds is 1. The van der Waals surface area contributed by atoms with Gasteiger partial charge in [-0.1, -0.05) is 35.3 Å². The molecule has 0 bridgehead atoms. The Bertz CT molecular complexity index is 877. The highest BCUT2D eigenvalue weighted by molar-refractivity contribution is 6.34. The zero-order valence-corrected chi connectivity index (χ0v) is 13.6. The first-order valence-electron chi connectivity index (χ1n) is 7.29. The van der Waals surface area contributed by atoms with E-state index in [1.54, 1.807) is 18.5 Å². The summed E-state index contributed by atoms with van der Waals surface area (Å²) in [5.74, 6) is 0.673. The fraction of sp³-hybridized carbons (Fsp3) is 0.167. The van der Waals surface area contributed by atoms with E-state index in [9.17, 15) is 5.11 Å².